The van der Waals surface area contributed by atoms with Gasteiger partial charge in [0.1, 0.15) is 0 Å². The maximum Gasteiger partial charge on any atom is 0.0961 e. The van der Waals surface area contributed by atoms with Crippen LogP contribution in [0.25, 0.3) is 11.0 Å². The van der Waals surface area contributed by atoms with Crippen molar-refractivity contribution in [3.8, 4) is 0 Å². The fourth-order valence-electron chi connectivity index (χ4n) is 2.32. The summed E-state index contributed by atoms with van der Waals surface area (Å²) in [5.41, 5.74) is 5.01. The number of aromatic nitrogens is 2. The highest BCUT2D eigenvalue weighted by molar-refractivity contribution is 5.77. The van der Waals surface area contributed by atoms with Crippen molar-refractivity contribution in [1.29, 1.82) is 0 Å². The van der Waals surface area contributed by atoms with E-state index in [1.807, 2.05) is 6.33 Å². The van der Waals surface area contributed by atoms with E-state index in [2.05, 4.69) is 54.7 Å². The molecule has 1 atom stereocenters. The zero-order valence-electron chi connectivity index (χ0n) is 11.8. The number of aryl methyl sites for hydroxylation is 2. The van der Waals surface area contributed by atoms with E-state index in [9.17, 15) is 0 Å². The van der Waals surface area contributed by atoms with Gasteiger partial charge < -0.3 is 9.88 Å². The summed E-state index contributed by atoms with van der Waals surface area (Å²) >= 11 is 0. The Morgan fingerprint density at radius 2 is 1.94 bits per heavy atom. The number of likely N-dealkylation sites (N-methyl/N-ethyl adjacent to an activating group) is 1. The quantitative estimate of drug-likeness (QED) is 0.876. The van der Waals surface area contributed by atoms with Gasteiger partial charge in [0.2, 0.25) is 0 Å². The van der Waals surface area contributed by atoms with Crippen LogP contribution in [0.15, 0.2) is 18.5 Å². The summed E-state index contributed by atoms with van der Waals surface area (Å²) in [5, 5.41) is 3.43. The molecule has 1 aromatic heterocycles. The predicted molar refractivity (Wildman–Crippen MR) is 77.1 cm³/mol. The Balaban J connectivity index is 2.40. The topological polar surface area (TPSA) is 29.9 Å². The van der Waals surface area contributed by atoms with Crippen molar-refractivity contribution in [3.05, 3.63) is 29.6 Å². The summed E-state index contributed by atoms with van der Waals surface area (Å²) in [4.78, 5) is 4.53. The fraction of sp³-hybridized carbons (Fsp3) is 0.533. The monoisotopic (exact) mass is 245 g/mol. The minimum atomic E-state index is 0.483. The van der Waals surface area contributed by atoms with Gasteiger partial charge in [0.05, 0.1) is 17.4 Å². The number of fused-ring (bicyclic) bond motifs is 1. The predicted octanol–water partition coefficient (Wildman–Crippen LogP) is 3.21. The molecule has 0 spiro atoms. The van der Waals surface area contributed by atoms with Crippen molar-refractivity contribution in [2.45, 2.75) is 40.2 Å². The van der Waals surface area contributed by atoms with Crippen molar-refractivity contribution < 1.29 is 0 Å². The van der Waals surface area contributed by atoms with E-state index in [4.69, 9.17) is 0 Å². The Morgan fingerprint density at radius 3 is 2.61 bits per heavy atom. The number of hydrogen-bond acceptors (Lipinski definition) is 2. The smallest absolute Gasteiger partial charge is 0.0961 e. The molecule has 18 heavy (non-hydrogen) atoms. The molecule has 98 valence electrons. The highest BCUT2D eigenvalue weighted by Gasteiger charge is 2.12. The summed E-state index contributed by atoms with van der Waals surface area (Å²) in [6.07, 6.45) is 3.10. The van der Waals surface area contributed by atoms with Crippen LogP contribution in [0.1, 0.15) is 37.4 Å². The second-order valence-corrected chi connectivity index (χ2v) is 4.95. The first-order valence-corrected chi connectivity index (χ1v) is 6.81. The van der Waals surface area contributed by atoms with Crippen LogP contribution >= 0.6 is 0 Å². The molecule has 0 saturated carbocycles. The van der Waals surface area contributed by atoms with Crippen LogP contribution in [0.3, 0.4) is 0 Å². The van der Waals surface area contributed by atoms with Crippen LogP contribution in [-0.4, -0.2) is 22.6 Å². The summed E-state index contributed by atoms with van der Waals surface area (Å²) < 4.78 is 2.31. The number of imidazole rings is 1. The van der Waals surface area contributed by atoms with Crippen LogP contribution in [0.5, 0.6) is 0 Å². The van der Waals surface area contributed by atoms with Gasteiger partial charge in [-0.2, -0.15) is 0 Å². The molecule has 1 heterocycles. The average Bonchev–Trinajstić information content (AvgIpc) is 2.74. The van der Waals surface area contributed by atoms with Crippen molar-refractivity contribution in [2.24, 2.45) is 0 Å². The summed E-state index contributed by atoms with van der Waals surface area (Å²) in [6, 6.07) is 4.92. The van der Waals surface area contributed by atoms with Gasteiger partial charge in [0.25, 0.3) is 0 Å². The van der Waals surface area contributed by atoms with E-state index in [1.165, 1.54) is 16.6 Å². The Morgan fingerprint density at radius 1 is 1.22 bits per heavy atom. The van der Waals surface area contributed by atoms with Gasteiger partial charge in [-0.3, -0.25) is 0 Å². The first-order valence-electron chi connectivity index (χ1n) is 6.81. The molecule has 3 heteroatoms. The maximum absolute atomic E-state index is 4.53. The molecule has 2 aromatic rings. The Labute approximate surface area is 109 Å². The molecule has 3 nitrogen and oxygen atoms in total. The molecule has 0 saturated heterocycles. The van der Waals surface area contributed by atoms with E-state index in [0.717, 1.165) is 25.0 Å². The average molecular weight is 245 g/mol. The SMILES string of the molecule is CCNCC(CC)n1cnc2cc(C)c(C)cc21. The number of rotatable bonds is 5. The molecule has 2 rings (SSSR count). The third kappa shape index (κ3) is 2.41. The number of benzene rings is 1. The standard InChI is InChI=1S/C15H23N3/c1-5-13(9-16-6-2)18-10-17-14-7-11(3)12(4)8-15(14)18/h7-8,10,13,16H,5-6,9H2,1-4H3. The van der Waals surface area contributed by atoms with Crippen LogP contribution < -0.4 is 5.32 Å². The first kappa shape index (κ1) is 13.1. The molecule has 0 fully saturated rings. The van der Waals surface area contributed by atoms with Gasteiger partial charge in [-0.05, 0) is 50.1 Å². The molecule has 0 amide bonds. The van der Waals surface area contributed by atoms with Crippen molar-refractivity contribution in [3.63, 3.8) is 0 Å². The summed E-state index contributed by atoms with van der Waals surface area (Å²) in [7, 11) is 0. The maximum atomic E-state index is 4.53. The normalized spacial score (nSPS) is 13.1. The van der Waals surface area contributed by atoms with Crippen LogP contribution in [-0.2, 0) is 0 Å². The van der Waals surface area contributed by atoms with Gasteiger partial charge in [0, 0.05) is 12.6 Å². The van der Waals surface area contributed by atoms with Crippen molar-refractivity contribution in [1.82, 2.24) is 14.9 Å². The zero-order chi connectivity index (χ0) is 13.1. The molecule has 0 aliphatic carbocycles. The van der Waals surface area contributed by atoms with E-state index >= 15 is 0 Å². The number of hydrogen-bond donors (Lipinski definition) is 1. The van der Waals surface area contributed by atoms with Gasteiger partial charge >= 0.3 is 0 Å². The highest BCUT2D eigenvalue weighted by Crippen LogP contribution is 2.22. The van der Waals surface area contributed by atoms with Gasteiger partial charge in [0.15, 0.2) is 0 Å². The molecular formula is C15H23N3. The first-order chi connectivity index (χ1) is 8.67. The fourth-order valence-corrected chi connectivity index (χ4v) is 2.32. The molecule has 1 unspecified atom stereocenters. The summed E-state index contributed by atoms with van der Waals surface area (Å²) in [6.45, 7) is 10.7. The lowest BCUT2D eigenvalue weighted by Gasteiger charge is -2.18. The molecule has 0 bridgehead atoms. The van der Waals surface area contributed by atoms with Crippen LogP contribution in [0.2, 0.25) is 0 Å². The zero-order valence-corrected chi connectivity index (χ0v) is 11.8. The van der Waals surface area contributed by atoms with Gasteiger partial charge in [-0.1, -0.05) is 13.8 Å². The van der Waals surface area contributed by atoms with E-state index in [0.29, 0.717) is 6.04 Å². The molecule has 1 N–H and O–H groups in total. The third-order valence-corrected chi connectivity index (χ3v) is 3.68. The number of nitrogens with zero attached hydrogens (tertiary/aromatic N) is 2. The Hall–Kier alpha value is -1.35. The molecule has 0 aliphatic rings. The second-order valence-electron chi connectivity index (χ2n) is 4.95. The lowest BCUT2D eigenvalue weighted by Crippen LogP contribution is -2.24. The molecule has 0 aliphatic heterocycles. The Kier molecular flexibility index (Phi) is 4.02. The van der Waals surface area contributed by atoms with Gasteiger partial charge in [-0.25, -0.2) is 4.98 Å². The molecular weight excluding hydrogens is 222 g/mol. The van der Waals surface area contributed by atoms with Gasteiger partial charge in [-0.15, -0.1) is 0 Å². The Bertz CT molecular complexity index is 528. The van der Waals surface area contributed by atoms with E-state index < -0.39 is 0 Å². The lowest BCUT2D eigenvalue weighted by atomic mass is 10.1. The second kappa shape index (κ2) is 5.53. The van der Waals surface area contributed by atoms with E-state index in [1.54, 1.807) is 0 Å². The van der Waals surface area contributed by atoms with Crippen molar-refractivity contribution in [2.75, 3.05) is 13.1 Å². The van der Waals surface area contributed by atoms with Crippen LogP contribution in [0, 0.1) is 13.8 Å². The minimum Gasteiger partial charge on any atom is -0.326 e. The van der Waals surface area contributed by atoms with Crippen LogP contribution in [0.4, 0.5) is 0 Å². The van der Waals surface area contributed by atoms with Crippen molar-refractivity contribution >= 4 is 11.0 Å². The highest BCUT2D eigenvalue weighted by atomic mass is 15.1. The molecule has 1 aromatic carbocycles. The number of nitrogens with one attached hydrogen (secondary N) is 1. The lowest BCUT2D eigenvalue weighted by molar-refractivity contribution is 0.462. The van der Waals surface area contributed by atoms with E-state index in [-0.39, 0.29) is 0 Å². The largest absolute Gasteiger partial charge is 0.326 e. The third-order valence-electron chi connectivity index (χ3n) is 3.68. The molecule has 0 radical (unpaired) electrons. The minimum absolute atomic E-state index is 0.483. The summed E-state index contributed by atoms with van der Waals surface area (Å²) in [5.74, 6) is 0.